The zero-order chi connectivity index (χ0) is 21.3. The number of likely N-dealkylation sites (tertiary alicyclic amines) is 1. The first-order valence-corrected chi connectivity index (χ1v) is 11.6. The number of hydrogen-bond donors (Lipinski definition) is 1. The topological polar surface area (TPSA) is 96.7 Å². The Morgan fingerprint density at radius 2 is 2.07 bits per heavy atom. The highest BCUT2D eigenvalue weighted by atomic mass is 32.2. The Labute approximate surface area is 176 Å². The van der Waals surface area contributed by atoms with E-state index in [1.807, 2.05) is 35.7 Å². The van der Waals surface area contributed by atoms with Gasteiger partial charge in [0.05, 0.1) is 4.90 Å². The van der Waals surface area contributed by atoms with E-state index in [0.717, 1.165) is 29.9 Å². The summed E-state index contributed by atoms with van der Waals surface area (Å²) in [6.07, 6.45) is 3.71. The Kier molecular flexibility index (Phi) is 5.57. The summed E-state index contributed by atoms with van der Waals surface area (Å²) < 4.78 is 29.2. The van der Waals surface area contributed by atoms with Gasteiger partial charge in [-0.1, -0.05) is 19.1 Å². The number of piperidine rings is 1. The molecule has 9 heteroatoms. The maximum absolute atomic E-state index is 13.3. The van der Waals surface area contributed by atoms with Gasteiger partial charge in [-0.3, -0.25) is 9.20 Å². The molecule has 1 fully saturated rings. The fraction of sp³-hybridized carbons (Fsp3) is 0.381. The lowest BCUT2D eigenvalue weighted by molar-refractivity contribution is 0.0703. The van der Waals surface area contributed by atoms with E-state index in [9.17, 15) is 13.2 Å². The number of amides is 1. The van der Waals surface area contributed by atoms with E-state index < -0.39 is 10.0 Å². The van der Waals surface area contributed by atoms with Crippen molar-refractivity contribution in [3.8, 4) is 0 Å². The van der Waals surface area contributed by atoms with Crippen LogP contribution in [0.25, 0.3) is 5.65 Å². The average Bonchev–Trinajstić information content (AvgIpc) is 3.18. The smallest absolute Gasteiger partial charge is 0.254 e. The van der Waals surface area contributed by atoms with Crippen molar-refractivity contribution in [1.29, 1.82) is 0 Å². The summed E-state index contributed by atoms with van der Waals surface area (Å²) >= 11 is 0. The molecule has 1 N–H and O–H groups in total. The number of aromatic nitrogens is 3. The Bertz CT molecular complexity index is 1190. The number of carbonyl (C=O) groups is 1. The quantitative estimate of drug-likeness (QED) is 0.674. The Morgan fingerprint density at radius 1 is 1.23 bits per heavy atom. The highest BCUT2D eigenvalue weighted by molar-refractivity contribution is 7.89. The first-order valence-electron chi connectivity index (χ1n) is 10.1. The maximum atomic E-state index is 13.3. The molecule has 158 valence electrons. The summed E-state index contributed by atoms with van der Waals surface area (Å²) in [7, 11) is -3.63. The second kappa shape index (κ2) is 8.16. The van der Waals surface area contributed by atoms with Crippen LogP contribution in [0.3, 0.4) is 0 Å². The number of carbonyl (C=O) groups excluding carboxylic acids is 1. The molecule has 0 bridgehead atoms. The summed E-state index contributed by atoms with van der Waals surface area (Å²) in [5.41, 5.74) is 1.96. The van der Waals surface area contributed by atoms with Crippen LogP contribution in [0.1, 0.15) is 47.4 Å². The largest absolute Gasteiger partial charge is 0.338 e. The second-order valence-electron chi connectivity index (χ2n) is 7.56. The molecule has 4 rings (SSSR count). The van der Waals surface area contributed by atoms with Gasteiger partial charge in [0.1, 0.15) is 5.82 Å². The van der Waals surface area contributed by atoms with Gasteiger partial charge >= 0.3 is 0 Å². The third-order valence-electron chi connectivity index (χ3n) is 5.50. The van der Waals surface area contributed by atoms with E-state index in [4.69, 9.17) is 0 Å². The highest BCUT2D eigenvalue weighted by Gasteiger charge is 2.29. The van der Waals surface area contributed by atoms with Gasteiger partial charge in [-0.15, -0.1) is 10.2 Å². The Hall–Kier alpha value is -2.78. The molecule has 2 aromatic heterocycles. The molecule has 1 amide bonds. The van der Waals surface area contributed by atoms with E-state index in [0.29, 0.717) is 25.2 Å². The molecule has 8 nitrogen and oxygen atoms in total. The monoisotopic (exact) mass is 427 g/mol. The van der Waals surface area contributed by atoms with Crippen LogP contribution in [-0.4, -0.2) is 53.5 Å². The average molecular weight is 428 g/mol. The molecule has 3 aromatic rings. The number of pyridine rings is 1. The fourth-order valence-corrected chi connectivity index (χ4v) is 5.02. The number of rotatable bonds is 5. The van der Waals surface area contributed by atoms with Crippen LogP contribution >= 0.6 is 0 Å². The minimum absolute atomic E-state index is 0.0779. The minimum Gasteiger partial charge on any atom is -0.338 e. The summed E-state index contributed by atoms with van der Waals surface area (Å²) in [6, 6.07) is 10.5. The van der Waals surface area contributed by atoms with Gasteiger partial charge in [0.15, 0.2) is 5.65 Å². The molecular weight excluding hydrogens is 402 g/mol. The van der Waals surface area contributed by atoms with Gasteiger partial charge in [0, 0.05) is 37.3 Å². The van der Waals surface area contributed by atoms with Gasteiger partial charge in [0.25, 0.3) is 5.91 Å². The van der Waals surface area contributed by atoms with E-state index >= 15 is 0 Å². The number of nitrogens with one attached hydrogen (secondary N) is 1. The van der Waals surface area contributed by atoms with Crippen LogP contribution < -0.4 is 4.72 Å². The number of hydrogen-bond acceptors (Lipinski definition) is 5. The van der Waals surface area contributed by atoms with E-state index in [2.05, 4.69) is 14.9 Å². The summed E-state index contributed by atoms with van der Waals surface area (Å²) in [5, 5.41) is 8.59. The second-order valence-corrected chi connectivity index (χ2v) is 9.32. The van der Waals surface area contributed by atoms with Crippen LogP contribution in [-0.2, 0) is 10.0 Å². The minimum atomic E-state index is -3.63. The molecule has 1 unspecified atom stereocenters. The Balaban J connectivity index is 1.61. The Morgan fingerprint density at radius 3 is 2.87 bits per heavy atom. The maximum Gasteiger partial charge on any atom is 0.254 e. The first-order chi connectivity index (χ1) is 14.4. The van der Waals surface area contributed by atoms with Crippen molar-refractivity contribution in [2.75, 3.05) is 19.6 Å². The normalized spacial score (nSPS) is 17.4. The van der Waals surface area contributed by atoms with E-state index in [1.54, 1.807) is 17.9 Å². The number of fused-ring (bicyclic) bond motifs is 1. The molecule has 1 aromatic carbocycles. The van der Waals surface area contributed by atoms with Crippen LogP contribution in [0.4, 0.5) is 0 Å². The van der Waals surface area contributed by atoms with Crippen LogP contribution in [0, 0.1) is 6.92 Å². The molecule has 1 atom stereocenters. The molecule has 3 heterocycles. The lowest BCUT2D eigenvalue weighted by atomic mass is 9.96. The fourth-order valence-electron chi connectivity index (χ4n) is 3.95. The molecule has 30 heavy (non-hydrogen) atoms. The third-order valence-corrected chi connectivity index (χ3v) is 7.04. The van der Waals surface area contributed by atoms with Crippen LogP contribution in [0.5, 0.6) is 0 Å². The highest BCUT2D eigenvalue weighted by Crippen LogP contribution is 2.28. The standard InChI is InChI=1S/C21H25N5O3S/c1-3-22-30(28,29)17-10-9-15(2)18(13-17)21(27)25-11-6-7-16(14-25)20-24-23-19-8-4-5-12-26(19)20/h4-5,8-10,12-13,16,22H,3,6-7,11,14H2,1-2H3. The molecule has 0 aliphatic carbocycles. The number of nitrogens with zero attached hydrogens (tertiary/aromatic N) is 4. The number of sulfonamides is 1. The van der Waals surface area contributed by atoms with Crippen molar-refractivity contribution in [2.45, 2.75) is 37.5 Å². The van der Waals surface area contributed by atoms with Crippen molar-refractivity contribution in [3.05, 3.63) is 59.5 Å². The summed E-state index contributed by atoms with van der Waals surface area (Å²) in [4.78, 5) is 15.2. The van der Waals surface area contributed by atoms with Gasteiger partial charge in [-0.25, -0.2) is 13.1 Å². The zero-order valence-corrected chi connectivity index (χ0v) is 17.9. The first kappa shape index (κ1) is 20.5. The molecule has 0 saturated carbocycles. The molecule has 1 saturated heterocycles. The van der Waals surface area contributed by atoms with Crippen molar-refractivity contribution in [1.82, 2.24) is 24.2 Å². The van der Waals surface area contributed by atoms with Gasteiger partial charge in [0.2, 0.25) is 10.0 Å². The van der Waals surface area contributed by atoms with Crippen molar-refractivity contribution >= 4 is 21.6 Å². The predicted octanol–water partition coefficient (Wildman–Crippen LogP) is 2.36. The number of aryl methyl sites for hydroxylation is 1. The summed E-state index contributed by atoms with van der Waals surface area (Å²) in [5.74, 6) is 0.775. The molecule has 1 aliphatic rings. The molecular formula is C21H25N5O3S. The molecule has 0 radical (unpaired) electrons. The van der Waals surface area contributed by atoms with Gasteiger partial charge < -0.3 is 4.90 Å². The van der Waals surface area contributed by atoms with Crippen molar-refractivity contribution in [2.24, 2.45) is 0 Å². The van der Waals surface area contributed by atoms with Gasteiger partial charge in [-0.2, -0.15) is 0 Å². The third kappa shape index (κ3) is 3.82. The molecule has 1 aliphatic heterocycles. The lowest BCUT2D eigenvalue weighted by Crippen LogP contribution is -2.40. The van der Waals surface area contributed by atoms with Crippen molar-refractivity contribution < 1.29 is 13.2 Å². The van der Waals surface area contributed by atoms with Crippen molar-refractivity contribution in [3.63, 3.8) is 0 Å². The van der Waals surface area contributed by atoms with Gasteiger partial charge in [-0.05, 0) is 49.6 Å². The lowest BCUT2D eigenvalue weighted by Gasteiger charge is -2.32. The van der Waals surface area contributed by atoms with Crippen LogP contribution in [0.15, 0.2) is 47.5 Å². The summed E-state index contributed by atoms with van der Waals surface area (Å²) in [6.45, 7) is 5.00. The number of benzene rings is 1. The van der Waals surface area contributed by atoms with E-state index in [-0.39, 0.29) is 16.7 Å². The van der Waals surface area contributed by atoms with Crippen LogP contribution in [0.2, 0.25) is 0 Å². The predicted molar refractivity (Wildman–Crippen MR) is 113 cm³/mol. The zero-order valence-electron chi connectivity index (χ0n) is 17.1. The SMILES string of the molecule is CCNS(=O)(=O)c1ccc(C)c(C(=O)N2CCCC(c3nnc4ccccn34)C2)c1. The van der Waals surface area contributed by atoms with E-state index in [1.165, 1.54) is 12.1 Å². The molecule has 0 spiro atoms.